The fraction of sp³-hybridized carbons (Fsp3) is 1.00. The molecule has 0 heterocycles. The normalized spacial score (nSPS) is 32.6. The van der Waals surface area contributed by atoms with Crippen molar-refractivity contribution in [2.75, 3.05) is 13.2 Å². The molecule has 0 spiro atoms. The summed E-state index contributed by atoms with van der Waals surface area (Å²) in [6.07, 6.45) is 9.10. The van der Waals surface area contributed by atoms with Crippen LogP contribution in [0.3, 0.4) is 0 Å². The molecule has 0 amide bonds. The fourth-order valence-electron chi connectivity index (χ4n) is 3.08. The Hall–Kier alpha value is -0.0800. The van der Waals surface area contributed by atoms with Gasteiger partial charge in [-0.2, -0.15) is 0 Å². The molecule has 2 heteroatoms. The summed E-state index contributed by atoms with van der Waals surface area (Å²) in [5.74, 6) is 2.13. The molecule has 0 aromatic rings. The molecule has 3 unspecified atom stereocenters. The molecule has 0 aromatic carbocycles. The minimum Gasteiger partial charge on any atom is -0.377 e. The molecule has 2 aliphatic rings. The standard InChI is InChI=1S/C14H27NO/c1-3-16-11(2)10-15-14-6-4-5-13(9-14)12-7-8-12/h11-15H,3-10H2,1-2H3. The second-order valence-corrected chi connectivity index (χ2v) is 5.64. The van der Waals surface area contributed by atoms with Gasteiger partial charge in [0.25, 0.3) is 0 Å². The maximum atomic E-state index is 5.56. The lowest BCUT2D eigenvalue weighted by atomic mass is 9.82. The Morgan fingerprint density at radius 3 is 2.69 bits per heavy atom. The first-order valence-electron chi connectivity index (χ1n) is 7.14. The van der Waals surface area contributed by atoms with Crippen molar-refractivity contribution in [3.8, 4) is 0 Å². The number of ether oxygens (including phenoxy) is 1. The molecule has 2 nitrogen and oxygen atoms in total. The average molecular weight is 225 g/mol. The summed E-state index contributed by atoms with van der Waals surface area (Å²) in [5, 5.41) is 3.69. The Kier molecular flexibility index (Phi) is 4.66. The predicted molar refractivity (Wildman–Crippen MR) is 67.6 cm³/mol. The van der Waals surface area contributed by atoms with Crippen LogP contribution in [0.15, 0.2) is 0 Å². The highest BCUT2D eigenvalue weighted by atomic mass is 16.5. The van der Waals surface area contributed by atoms with E-state index in [1.165, 1.54) is 38.5 Å². The van der Waals surface area contributed by atoms with Crippen LogP contribution in [0.25, 0.3) is 0 Å². The van der Waals surface area contributed by atoms with E-state index in [0.717, 1.165) is 31.0 Å². The van der Waals surface area contributed by atoms with Crippen molar-refractivity contribution in [3.63, 3.8) is 0 Å². The Labute approximate surface area is 100 Å². The van der Waals surface area contributed by atoms with Gasteiger partial charge in [0.15, 0.2) is 0 Å². The van der Waals surface area contributed by atoms with E-state index in [0.29, 0.717) is 6.10 Å². The summed E-state index contributed by atoms with van der Waals surface area (Å²) in [4.78, 5) is 0. The zero-order valence-electron chi connectivity index (χ0n) is 10.9. The van der Waals surface area contributed by atoms with Gasteiger partial charge in [0.1, 0.15) is 0 Å². The van der Waals surface area contributed by atoms with E-state index in [1.54, 1.807) is 0 Å². The van der Waals surface area contributed by atoms with Crippen molar-refractivity contribution < 1.29 is 4.74 Å². The summed E-state index contributed by atoms with van der Waals surface area (Å²) in [7, 11) is 0. The number of hydrogen-bond donors (Lipinski definition) is 1. The van der Waals surface area contributed by atoms with Gasteiger partial charge in [-0.1, -0.05) is 12.8 Å². The highest BCUT2D eigenvalue weighted by Crippen LogP contribution is 2.43. The van der Waals surface area contributed by atoms with Crippen LogP contribution in [0.2, 0.25) is 0 Å². The topological polar surface area (TPSA) is 21.3 Å². The predicted octanol–water partition coefficient (Wildman–Crippen LogP) is 2.97. The van der Waals surface area contributed by atoms with Gasteiger partial charge in [-0.3, -0.25) is 0 Å². The third kappa shape index (κ3) is 3.74. The molecular weight excluding hydrogens is 198 g/mol. The molecule has 0 aliphatic heterocycles. The second kappa shape index (κ2) is 6.02. The van der Waals surface area contributed by atoms with E-state index in [4.69, 9.17) is 4.74 Å². The minimum absolute atomic E-state index is 0.367. The van der Waals surface area contributed by atoms with Crippen molar-refractivity contribution in [1.29, 1.82) is 0 Å². The van der Waals surface area contributed by atoms with Gasteiger partial charge in [0, 0.05) is 19.2 Å². The quantitative estimate of drug-likeness (QED) is 0.750. The summed E-state index contributed by atoms with van der Waals surface area (Å²) in [6.45, 7) is 6.09. The van der Waals surface area contributed by atoms with E-state index < -0.39 is 0 Å². The Balaban J connectivity index is 1.64. The summed E-state index contributed by atoms with van der Waals surface area (Å²) in [6, 6.07) is 0.766. The van der Waals surface area contributed by atoms with Gasteiger partial charge in [-0.25, -0.2) is 0 Å². The molecule has 2 saturated carbocycles. The summed E-state index contributed by atoms with van der Waals surface area (Å²) >= 11 is 0. The molecule has 0 bridgehead atoms. The van der Waals surface area contributed by atoms with Crippen LogP contribution in [0.5, 0.6) is 0 Å². The smallest absolute Gasteiger partial charge is 0.0671 e. The van der Waals surface area contributed by atoms with Gasteiger partial charge in [0.05, 0.1) is 6.10 Å². The molecule has 16 heavy (non-hydrogen) atoms. The lowest BCUT2D eigenvalue weighted by Gasteiger charge is -2.30. The molecule has 2 rings (SSSR count). The summed E-state index contributed by atoms with van der Waals surface area (Å²) in [5.41, 5.74) is 0. The second-order valence-electron chi connectivity index (χ2n) is 5.64. The van der Waals surface area contributed by atoms with E-state index >= 15 is 0 Å². The first kappa shape index (κ1) is 12.4. The van der Waals surface area contributed by atoms with Crippen molar-refractivity contribution >= 4 is 0 Å². The van der Waals surface area contributed by atoms with Gasteiger partial charge >= 0.3 is 0 Å². The lowest BCUT2D eigenvalue weighted by molar-refractivity contribution is 0.0714. The Morgan fingerprint density at radius 1 is 1.19 bits per heavy atom. The molecule has 94 valence electrons. The summed E-state index contributed by atoms with van der Waals surface area (Å²) < 4.78 is 5.56. The van der Waals surface area contributed by atoms with Crippen LogP contribution in [0.4, 0.5) is 0 Å². The van der Waals surface area contributed by atoms with Crippen LogP contribution in [-0.2, 0) is 4.74 Å². The van der Waals surface area contributed by atoms with Crippen LogP contribution in [0, 0.1) is 11.8 Å². The van der Waals surface area contributed by atoms with Gasteiger partial charge in [-0.05, 0) is 51.4 Å². The Bertz CT molecular complexity index is 203. The van der Waals surface area contributed by atoms with Crippen molar-refractivity contribution in [2.24, 2.45) is 11.8 Å². The molecular formula is C14H27NO. The lowest BCUT2D eigenvalue weighted by Crippen LogP contribution is -2.39. The zero-order chi connectivity index (χ0) is 11.4. The monoisotopic (exact) mass is 225 g/mol. The van der Waals surface area contributed by atoms with E-state index in [-0.39, 0.29) is 0 Å². The Morgan fingerprint density at radius 2 is 2.00 bits per heavy atom. The number of nitrogens with one attached hydrogen (secondary N) is 1. The molecule has 1 N–H and O–H groups in total. The molecule has 2 fully saturated rings. The van der Waals surface area contributed by atoms with Crippen LogP contribution in [-0.4, -0.2) is 25.3 Å². The first-order valence-corrected chi connectivity index (χ1v) is 7.14. The van der Waals surface area contributed by atoms with Crippen LogP contribution in [0.1, 0.15) is 52.4 Å². The van der Waals surface area contributed by atoms with Crippen molar-refractivity contribution in [3.05, 3.63) is 0 Å². The van der Waals surface area contributed by atoms with E-state index in [9.17, 15) is 0 Å². The minimum atomic E-state index is 0.367. The largest absolute Gasteiger partial charge is 0.377 e. The average Bonchev–Trinajstić information content (AvgIpc) is 3.11. The molecule has 2 aliphatic carbocycles. The maximum absolute atomic E-state index is 5.56. The van der Waals surface area contributed by atoms with Gasteiger partial charge in [-0.15, -0.1) is 0 Å². The zero-order valence-corrected chi connectivity index (χ0v) is 10.9. The third-order valence-corrected chi connectivity index (χ3v) is 4.15. The van der Waals surface area contributed by atoms with Crippen molar-refractivity contribution in [2.45, 2.75) is 64.5 Å². The van der Waals surface area contributed by atoms with Crippen LogP contribution < -0.4 is 5.32 Å². The molecule has 0 radical (unpaired) electrons. The maximum Gasteiger partial charge on any atom is 0.0671 e. The van der Waals surface area contributed by atoms with Crippen LogP contribution >= 0.6 is 0 Å². The van der Waals surface area contributed by atoms with Gasteiger partial charge < -0.3 is 10.1 Å². The van der Waals surface area contributed by atoms with E-state index in [1.807, 2.05) is 0 Å². The molecule has 0 saturated heterocycles. The SMILES string of the molecule is CCOC(C)CNC1CCCC(C2CC2)C1. The first-order chi connectivity index (χ1) is 7.79. The highest BCUT2D eigenvalue weighted by molar-refractivity contribution is 4.88. The molecule has 3 atom stereocenters. The highest BCUT2D eigenvalue weighted by Gasteiger charge is 2.34. The number of hydrogen-bond acceptors (Lipinski definition) is 2. The fourth-order valence-corrected chi connectivity index (χ4v) is 3.08. The number of rotatable bonds is 6. The third-order valence-electron chi connectivity index (χ3n) is 4.15. The van der Waals surface area contributed by atoms with Crippen molar-refractivity contribution in [1.82, 2.24) is 5.32 Å². The molecule has 0 aromatic heterocycles. The van der Waals surface area contributed by atoms with Gasteiger partial charge in [0.2, 0.25) is 0 Å². The van der Waals surface area contributed by atoms with E-state index in [2.05, 4.69) is 19.2 Å².